The van der Waals surface area contributed by atoms with E-state index in [0.29, 0.717) is 5.25 Å². The Balaban J connectivity index is 1.85. The van der Waals surface area contributed by atoms with Gasteiger partial charge in [0.2, 0.25) is 0 Å². The summed E-state index contributed by atoms with van der Waals surface area (Å²) in [5, 5.41) is 10.7. The third-order valence-corrected chi connectivity index (χ3v) is 6.21. The number of carbonyl (C=O) groups excluding carboxylic acids is 1. The minimum atomic E-state index is 0.0653. The first-order valence-electron chi connectivity index (χ1n) is 9.05. The number of amides is 1. The summed E-state index contributed by atoms with van der Waals surface area (Å²) in [5.74, 6) is 0.419. The van der Waals surface area contributed by atoms with Crippen LogP contribution in [0.3, 0.4) is 0 Å². The Bertz CT molecular complexity index is 600. The van der Waals surface area contributed by atoms with Gasteiger partial charge in [-0.3, -0.25) is 4.79 Å². The number of hydrogen-bond acceptors (Lipinski definition) is 4. The molecule has 0 aromatic heterocycles. The van der Waals surface area contributed by atoms with Crippen LogP contribution in [0.2, 0.25) is 0 Å². The maximum absolute atomic E-state index is 12.6. The molecule has 1 heterocycles. The van der Waals surface area contributed by atoms with E-state index in [4.69, 9.17) is 0 Å². The number of benzene rings is 1. The Morgan fingerprint density at radius 3 is 2.58 bits per heavy atom. The van der Waals surface area contributed by atoms with E-state index in [1.165, 1.54) is 19.3 Å². The number of thioether (sulfide) groups is 1. The Labute approximate surface area is 148 Å². The molecule has 1 amide bonds. The number of carbonyl (C=O) groups is 1. The van der Waals surface area contributed by atoms with Crippen LogP contribution >= 0.6 is 11.8 Å². The van der Waals surface area contributed by atoms with Crippen molar-refractivity contribution in [3.63, 3.8) is 0 Å². The molecule has 1 aromatic rings. The maximum Gasteiger partial charge on any atom is 0.252 e. The van der Waals surface area contributed by atoms with Gasteiger partial charge in [0.05, 0.1) is 5.92 Å². The summed E-state index contributed by atoms with van der Waals surface area (Å²) in [6.07, 6.45) is 7.95. The van der Waals surface area contributed by atoms with Crippen LogP contribution in [0.25, 0.3) is 0 Å². The second kappa shape index (κ2) is 8.06. The topological polar surface area (TPSA) is 52.9 Å². The highest BCUT2D eigenvalue weighted by atomic mass is 32.2. The van der Waals surface area contributed by atoms with Crippen LogP contribution in [0, 0.1) is 5.92 Å². The zero-order valence-electron chi connectivity index (χ0n) is 14.3. The molecule has 1 fully saturated rings. The van der Waals surface area contributed by atoms with Crippen molar-refractivity contribution in [1.82, 2.24) is 0 Å². The Hall–Kier alpha value is -1.49. The van der Waals surface area contributed by atoms with Gasteiger partial charge in [-0.2, -0.15) is 4.99 Å². The number of phenolic OH excluding ortho intramolecular Hbond substituents is 1. The van der Waals surface area contributed by atoms with Gasteiger partial charge in [-0.05, 0) is 43.5 Å². The Morgan fingerprint density at radius 2 is 1.88 bits per heavy atom. The van der Waals surface area contributed by atoms with Crippen molar-refractivity contribution >= 4 is 28.5 Å². The molecule has 1 aliphatic heterocycles. The van der Waals surface area contributed by atoms with Crippen molar-refractivity contribution in [2.75, 3.05) is 11.4 Å². The first-order valence-corrected chi connectivity index (χ1v) is 9.92. The normalized spacial score (nSPS) is 24.5. The van der Waals surface area contributed by atoms with Gasteiger partial charge >= 0.3 is 0 Å². The van der Waals surface area contributed by atoms with E-state index in [1.807, 2.05) is 12.1 Å². The maximum atomic E-state index is 12.6. The third-order valence-electron chi connectivity index (χ3n) is 4.82. The number of anilines is 1. The number of amidine groups is 1. The van der Waals surface area contributed by atoms with E-state index < -0.39 is 0 Å². The summed E-state index contributed by atoms with van der Waals surface area (Å²) in [5.41, 5.74) is 0.984. The van der Waals surface area contributed by atoms with E-state index in [1.54, 1.807) is 23.9 Å². The summed E-state index contributed by atoms with van der Waals surface area (Å²) < 4.78 is 0. The fourth-order valence-corrected chi connectivity index (χ4v) is 4.97. The lowest BCUT2D eigenvalue weighted by Crippen LogP contribution is -2.39. The van der Waals surface area contributed by atoms with Gasteiger partial charge in [-0.25, -0.2) is 0 Å². The third kappa shape index (κ3) is 3.94. The molecule has 2 atom stereocenters. The smallest absolute Gasteiger partial charge is 0.252 e. The number of phenols is 1. The zero-order chi connectivity index (χ0) is 16.9. The second-order valence-corrected chi connectivity index (χ2v) is 7.86. The molecular formula is C19H26N2O2S. The van der Waals surface area contributed by atoms with Crippen LogP contribution in [0.15, 0.2) is 29.3 Å². The van der Waals surface area contributed by atoms with Crippen LogP contribution in [-0.4, -0.2) is 28.0 Å². The number of rotatable bonds is 3. The molecule has 1 aliphatic carbocycles. The highest BCUT2D eigenvalue weighted by molar-refractivity contribution is 8.14. The van der Waals surface area contributed by atoms with E-state index in [-0.39, 0.29) is 17.6 Å². The van der Waals surface area contributed by atoms with Crippen molar-refractivity contribution in [1.29, 1.82) is 0 Å². The molecule has 1 N–H and O–H groups in total. The van der Waals surface area contributed by atoms with Gasteiger partial charge in [-0.15, -0.1) is 0 Å². The van der Waals surface area contributed by atoms with Gasteiger partial charge in [0.25, 0.3) is 5.91 Å². The number of nitrogens with zero attached hydrogens (tertiary/aromatic N) is 2. The van der Waals surface area contributed by atoms with Crippen LogP contribution in [-0.2, 0) is 4.79 Å². The van der Waals surface area contributed by atoms with E-state index in [0.717, 1.165) is 43.1 Å². The van der Waals surface area contributed by atoms with Crippen LogP contribution in [0.1, 0.15) is 51.9 Å². The number of fused-ring (bicyclic) bond motifs is 1. The number of aliphatic imine (C=N–C) groups is 1. The first-order chi connectivity index (χ1) is 11.7. The van der Waals surface area contributed by atoms with Crippen molar-refractivity contribution < 1.29 is 9.90 Å². The molecule has 5 heteroatoms. The zero-order valence-corrected chi connectivity index (χ0v) is 15.1. The van der Waals surface area contributed by atoms with Crippen LogP contribution in [0.5, 0.6) is 5.75 Å². The summed E-state index contributed by atoms with van der Waals surface area (Å²) in [6.45, 7) is 2.95. The van der Waals surface area contributed by atoms with Crippen molar-refractivity contribution in [3.8, 4) is 5.75 Å². The quantitative estimate of drug-likeness (QED) is 0.870. The fourth-order valence-electron chi connectivity index (χ4n) is 3.53. The van der Waals surface area contributed by atoms with E-state index in [2.05, 4.69) is 16.8 Å². The van der Waals surface area contributed by atoms with Crippen molar-refractivity contribution in [3.05, 3.63) is 24.3 Å². The molecule has 4 nitrogen and oxygen atoms in total. The van der Waals surface area contributed by atoms with E-state index in [9.17, 15) is 9.90 Å². The van der Waals surface area contributed by atoms with Crippen LogP contribution in [0.4, 0.5) is 5.69 Å². The fraction of sp³-hybridized carbons (Fsp3) is 0.579. The van der Waals surface area contributed by atoms with Gasteiger partial charge in [0.15, 0.2) is 5.17 Å². The summed E-state index contributed by atoms with van der Waals surface area (Å²) in [6, 6.07) is 7.16. The molecule has 3 rings (SSSR count). The molecule has 2 aliphatic rings. The van der Waals surface area contributed by atoms with Crippen molar-refractivity contribution in [2.24, 2.45) is 10.9 Å². The molecule has 0 spiro atoms. The minimum absolute atomic E-state index is 0.0653. The molecule has 0 radical (unpaired) electrons. The predicted octanol–water partition coefficient (Wildman–Crippen LogP) is 4.58. The molecule has 1 aromatic carbocycles. The van der Waals surface area contributed by atoms with Gasteiger partial charge in [0, 0.05) is 17.5 Å². The molecule has 2 unspecified atom stereocenters. The highest BCUT2D eigenvalue weighted by Gasteiger charge is 2.36. The number of hydrogen-bond donors (Lipinski definition) is 1. The minimum Gasteiger partial charge on any atom is -0.508 e. The average Bonchev–Trinajstić information content (AvgIpc) is 2.55. The Kier molecular flexibility index (Phi) is 5.82. The van der Waals surface area contributed by atoms with Crippen LogP contribution < -0.4 is 4.90 Å². The molecular weight excluding hydrogens is 320 g/mol. The average molecular weight is 346 g/mol. The molecule has 0 bridgehead atoms. The lowest BCUT2D eigenvalue weighted by atomic mass is 9.90. The predicted molar refractivity (Wildman–Crippen MR) is 101 cm³/mol. The first kappa shape index (κ1) is 17.3. The highest BCUT2D eigenvalue weighted by Crippen LogP contribution is 2.38. The SMILES string of the molecule is CCCN(C1=NC(=O)C2CCCCCCC2S1)c1ccc(O)cc1. The lowest BCUT2D eigenvalue weighted by Gasteiger charge is -2.34. The summed E-state index contributed by atoms with van der Waals surface area (Å²) >= 11 is 1.78. The van der Waals surface area contributed by atoms with Gasteiger partial charge in [0.1, 0.15) is 5.75 Å². The summed E-state index contributed by atoms with van der Waals surface area (Å²) in [7, 11) is 0. The van der Waals surface area contributed by atoms with Gasteiger partial charge in [-0.1, -0.05) is 44.4 Å². The van der Waals surface area contributed by atoms with Crippen molar-refractivity contribution in [2.45, 2.75) is 57.1 Å². The lowest BCUT2D eigenvalue weighted by molar-refractivity contribution is -0.122. The second-order valence-electron chi connectivity index (χ2n) is 6.66. The largest absolute Gasteiger partial charge is 0.508 e. The molecule has 1 saturated carbocycles. The standard InChI is InChI=1S/C19H26N2O2S/c1-2-13-21(14-9-11-15(22)12-10-14)19-20-18(23)16-7-5-3-4-6-8-17(16)24-19/h9-12,16-17,22H,2-8,13H2,1H3. The Morgan fingerprint density at radius 1 is 1.17 bits per heavy atom. The molecule has 130 valence electrons. The molecule has 24 heavy (non-hydrogen) atoms. The molecule has 0 saturated heterocycles. The monoisotopic (exact) mass is 346 g/mol. The summed E-state index contributed by atoms with van der Waals surface area (Å²) in [4.78, 5) is 19.2. The van der Waals surface area contributed by atoms with E-state index >= 15 is 0 Å². The number of aromatic hydroxyl groups is 1. The van der Waals surface area contributed by atoms with Gasteiger partial charge < -0.3 is 10.0 Å².